The van der Waals surface area contributed by atoms with Crippen molar-refractivity contribution < 1.29 is 4.42 Å². The van der Waals surface area contributed by atoms with Gasteiger partial charge in [-0.1, -0.05) is 25.7 Å². The van der Waals surface area contributed by atoms with Crippen LogP contribution in [0.3, 0.4) is 0 Å². The number of hydrogen-bond acceptors (Lipinski definition) is 2. The summed E-state index contributed by atoms with van der Waals surface area (Å²) in [4.78, 5) is 0. The van der Waals surface area contributed by atoms with E-state index in [0.717, 1.165) is 18.2 Å². The molecule has 1 heterocycles. The first-order valence-electron chi connectivity index (χ1n) is 6.63. The molecule has 0 radical (unpaired) electrons. The SMILES string of the molecule is C[C@H](NCC1CCCCCC1)c1ccco1. The molecule has 16 heavy (non-hydrogen) atoms. The van der Waals surface area contributed by atoms with E-state index in [-0.39, 0.29) is 0 Å². The van der Waals surface area contributed by atoms with Crippen molar-refractivity contribution in [2.75, 3.05) is 6.54 Å². The minimum absolute atomic E-state index is 0.346. The molecule has 0 aromatic carbocycles. The van der Waals surface area contributed by atoms with Gasteiger partial charge in [0.05, 0.1) is 12.3 Å². The molecule has 1 aromatic rings. The molecule has 1 fully saturated rings. The first-order chi connectivity index (χ1) is 7.86. The number of nitrogens with one attached hydrogen (secondary N) is 1. The second-order valence-electron chi connectivity index (χ2n) is 5.00. The smallest absolute Gasteiger partial charge is 0.120 e. The van der Waals surface area contributed by atoms with Crippen LogP contribution in [-0.2, 0) is 0 Å². The molecule has 0 saturated heterocycles. The van der Waals surface area contributed by atoms with Gasteiger partial charge in [0.15, 0.2) is 0 Å². The Morgan fingerprint density at radius 1 is 1.31 bits per heavy atom. The first-order valence-corrected chi connectivity index (χ1v) is 6.63. The molecule has 1 saturated carbocycles. The van der Waals surface area contributed by atoms with E-state index in [4.69, 9.17) is 4.42 Å². The third-order valence-corrected chi connectivity index (χ3v) is 3.66. The van der Waals surface area contributed by atoms with Crippen LogP contribution < -0.4 is 5.32 Å². The molecule has 0 amide bonds. The Labute approximate surface area is 98.4 Å². The lowest BCUT2D eigenvalue weighted by molar-refractivity contribution is 0.371. The van der Waals surface area contributed by atoms with Gasteiger partial charge in [0, 0.05) is 0 Å². The highest BCUT2D eigenvalue weighted by Gasteiger charge is 2.14. The largest absolute Gasteiger partial charge is 0.468 e. The highest BCUT2D eigenvalue weighted by molar-refractivity contribution is 5.02. The summed E-state index contributed by atoms with van der Waals surface area (Å²) >= 11 is 0. The van der Waals surface area contributed by atoms with E-state index >= 15 is 0 Å². The van der Waals surface area contributed by atoms with Gasteiger partial charge < -0.3 is 9.73 Å². The third-order valence-electron chi connectivity index (χ3n) is 3.66. The molecule has 1 aliphatic carbocycles. The minimum Gasteiger partial charge on any atom is -0.468 e. The van der Waals surface area contributed by atoms with E-state index in [0.29, 0.717) is 6.04 Å². The third kappa shape index (κ3) is 3.38. The maximum atomic E-state index is 5.40. The summed E-state index contributed by atoms with van der Waals surface area (Å²) in [5.74, 6) is 1.92. The fourth-order valence-corrected chi connectivity index (χ4v) is 2.55. The van der Waals surface area contributed by atoms with E-state index < -0.39 is 0 Å². The number of hydrogen-bond donors (Lipinski definition) is 1. The van der Waals surface area contributed by atoms with Crippen molar-refractivity contribution in [1.29, 1.82) is 0 Å². The summed E-state index contributed by atoms with van der Waals surface area (Å²) < 4.78 is 5.40. The van der Waals surface area contributed by atoms with Gasteiger partial charge in [0.2, 0.25) is 0 Å². The number of rotatable bonds is 4. The Bertz CT molecular complexity index is 273. The predicted octanol–water partition coefficient (Wildman–Crippen LogP) is 3.90. The molecule has 2 nitrogen and oxygen atoms in total. The van der Waals surface area contributed by atoms with Gasteiger partial charge in [-0.05, 0) is 44.4 Å². The lowest BCUT2D eigenvalue weighted by atomic mass is 10.00. The van der Waals surface area contributed by atoms with Crippen LogP contribution in [0.15, 0.2) is 22.8 Å². The molecule has 90 valence electrons. The van der Waals surface area contributed by atoms with E-state index in [1.165, 1.54) is 38.5 Å². The van der Waals surface area contributed by atoms with Gasteiger partial charge in [-0.3, -0.25) is 0 Å². The van der Waals surface area contributed by atoms with Crippen LogP contribution in [0, 0.1) is 5.92 Å². The summed E-state index contributed by atoms with van der Waals surface area (Å²) in [5, 5.41) is 3.59. The molecular formula is C14H23NO. The molecule has 1 N–H and O–H groups in total. The van der Waals surface area contributed by atoms with Crippen LogP contribution in [0.4, 0.5) is 0 Å². The normalized spacial score (nSPS) is 20.6. The monoisotopic (exact) mass is 221 g/mol. The highest BCUT2D eigenvalue weighted by atomic mass is 16.3. The number of furan rings is 1. The Morgan fingerprint density at radius 3 is 2.69 bits per heavy atom. The lowest BCUT2D eigenvalue weighted by Crippen LogP contribution is -2.25. The molecule has 0 spiro atoms. The summed E-state index contributed by atoms with van der Waals surface area (Å²) in [6.07, 6.45) is 10.3. The molecule has 2 rings (SSSR count). The van der Waals surface area contributed by atoms with E-state index in [1.807, 2.05) is 12.1 Å². The van der Waals surface area contributed by atoms with Gasteiger partial charge in [-0.15, -0.1) is 0 Å². The standard InChI is InChI=1S/C14H23NO/c1-12(14-9-6-10-16-14)15-11-13-7-4-2-3-5-8-13/h6,9-10,12-13,15H,2-5,7-8,11H2,1H3/t12-/m0/s1. The molecule has 1 atom stereocenters. The maximum Gasteiger partial charge on any atom is 0.120 e. The quantitative estimate of drug-likeness (QED) is 0.780. The molecular weight excluding hydrogens is 198 g/mol. The van der Waals surface area contributed by atoms with Crippen molar-refractivity contribution in [3.8, 4) is 0 Å². The van der Waals surface area contributed by atoms with Crippen molar-refractivity contribution in [3.63, 3.8) is 0 Å². The molecule has 1 aliphatic rings. The van der Waals surface area contributed by atoms with Gasteiger partial charge in [0.25, 0.3) is 0 Å². The van der Waals surface area contributed by atoms with Crippen LogP contribution in [0.2, 0.25) is 0 Å². The van der Waals surface area contributed by atoms with Crippen LogP contribution >= 0.6 is 0 Å². The van der Waals surface area contributed by atoms with Crippen molar-refractivity contribution in [2.45, 2.75) is 51.5 Å². The zero-order chi connectivity index (χ0) is 11.2. The van der Waals surface area contributed by atoms with Gasteiger partial charge in [-0.2, -0.15) is 0 Å². The summed E-state index contributed by atoms with van der Waals surface area (Å²) in [7, 11) is 0. The van der Waals surface area contributed by atoms with Crippen molar-refractivity contribution in [2.24, 2.45) is 5.92 Å². The highest BCUT2D eigenvalue weighted by Crippen LogP contribution is 2.23. The Kier molecular flexibility index (Phi) is 4.46. The van der Waals surface area contributed by atoms with Crippen LogP contribution in [0.5, 0.6) is 0 Å². The minimum atomic E-state index is 0.346. The van der Waals surface area contributed by atoms with Gasteiger partial charge in [0.1, 0.15) is 5.76 Å². The van der Waals surface area contributed by atoms with Crippen molar-refractivity contribution >= 4 is 0 Å². The fourth-order valence-electron chi connectivity index (χ4n) is 2.55. The second-order valence-corrected chi connectivity index (χ2v) is 5.00. The predicted molar refractivity (Wildman–Crippen MR) is 66.3 cm³/mol. The van der Waals surface area contributed by atoms with Gasteiger partial charge >= 0.3 is 0 Å². The Balaban J connectivity index is 1.73. The van der Waals surface area contributed by atoms with Crippen LogP contribution in [-0.4, -0.2) is 6.54 Å². The summed E-state index contributed by atoms with van der Waals surface area (Å²) in [5.41, 5.74) is 0. The zero-order valence-corrected chi connectivity index (χ0v) is 10.2. The topological polar surface area (TPSA) is 25.2 Å². The van der Waals surface area contributed by atoms with E-state index in [9.17, 15) is 0 Å². The van der Waals surface area contributed by atoms with E-state index in [2.05, 4.69) is 12.2 Å². The van der Waals surface area contributed by atoms with Crippen molar-refractivity contribution in [1.82, 2.24) is 5.32 Å². The molecule has 0 aliphatic heterocycles. The Hall–Kier alpha value is -0.760. The van der Waals surface area contributed by atoms with Crippen molar-refractivity contribution in [3.05, 3.63) is 24.2 Å². The molecule has 0 unspecified atom stereocenters. The Morgan fingerprint density at radius 2 is 2.06 bits per heavy atom. The summed E-state index contributed by atoms with van der Waals surface area (Å²) in [6.45, 7) is 3.32. The average molecular weight is 221 g/mol. The van der Waals surface area contributed by atoms with Gasteiger partial charge in [-0.25, -0.2) is 0 Å². The molecule has 1 aromatic heterocycles. The fraction of sp³-hybridized carbons (Fsp3) is 0.714. The molecule has 0 bridgehead atoms. The van der Waals surface area contributed by atoms with Crippen LogP contribution in [0.1, 0.15) is 57.3 Å². The first kappa shape index (κ1) is 11.7. The second kappa shape index (κ2) is 6.09. The lowest BCUT2D eigenvalue weighted by Gasteiger charge is -2.18. The summed E-state index contributed by atoms with van der Waals surface area (Å²) in [6, 6.07) is 4.35. The molecule has 2 heteroatoms. The van der Waals surface area contributed by atoms with Crippen LogP contribution in [0.25, 0.3) is 0 Å². The zero-order valence-electron chi connectivity index (χ0n) is 10.2. The maximum absolute atomic E-state index is 5.40. The average Bonchev–Trinajstić information content (AvgIpc) is 2.71. The van der Waals surface area contributed by atoms with E-state index in [1.54, 1.807) is 6.26 Å².